The van der Waals surface area contributed by atoms with Gasteiger partial charge in [0.1, 0.15) is 11.4 Å². The van der Waals surface area contributed by atoms with Gasteiger partial charge in [-0.1, -0.05) is 30.3 Å². The Kier molecular flexibility index (Phi) is 6.11. The summed E-state index contributed by atoms with van der Waals surface area (Å²) in [6.45, 7) is 0.802. The van der Waals surface area contributed by atoms with E-state index in [4.69, 9.17) is 9.47 Å². The van der Waals surface area contributed by atoms with E-state index in [1.165, 1.54) is 4.90 Å². The van der Waals surface area contributed by atoms with Crippen LogP contribution >= 0.6 is 0 Å². The van der Waals surface area contributed by atoms with Gasteiger partial charge in [-0.25, -0.2) is 0 Å². The van der Waals surface area contributed by atoms with Crippen LogP contribution in [0.4, 0.5) is 5.69 Å². The Bertz CT molecular complexity index is 875. The van der Waals surface area contributed by atoms with Crippen molar-refractivity contribution in [3.05, 3.63) is 65.9 Å². The highest BCUT2D eigenvalue weighted by molar-refractivity contribution is 6.36. The Morgan fingerprint density at radius 2 is 1.61 bits per heavy atom. The molecule has 2 amide bonds. The van der Waals surface area contributed by atoms with Crippen LogP contribution in [0.2, 0.25) is 0 Å². The molecule has 0 fully saturated rings. The molecular weight excluding hydrogens is 356 g/mol. The number of rotatable bonds is 8. The van der Waals surface area contributed by atoms with Gasteiger partial charge in [-0.05, 0) is 36.2 Å². The number of nitrogens with zero attached hydrogens (tertiary/aromatic N) is 2. The number of anilines is 1. The Hall–Kier alpha value is -3.12. The summed E-state index contributed by atoms with van der Waals surface area (Å²) in [7, 11) is 4.99. The van der Waals surface area contributed by atoms with Crippen LogP contribution in [0.25, 0.3) is 5.57 Å². The van der Waals surface area contributed by atoms with Crippen LogP contribution in [0.15, 0.2) is 60.3 Å². The van der Waals surface area contributed by atoms with Crippen molar-refractivity contribution in [2.45, 2.75) is 6.42 Å². The second kappa shape index (κ2) is 8.71. The van der Waals surface area contributed by atoms with E-state index in [0.717, 1.165) is 5.69 Å². The van der Waals surface area contributed by atoms with Crippen molar-refractivity contribution in [2.75, 3.05) is 39.3 Å². The molecule has 6 heteroatoms. The third kappa shape index (κ3) is 3.77. The molecule has 0 atom stereocenters. The maximum Gasteiger partial charge on any atom is 0.278 e. The second-order valence-corrected chi connectivity index (χ2v) is 6.45. The topological polar surface area (TPSA) is 59.1 Å². The SMILES string of the molecule is COCCCN1C(=O)C(c2ccc(OC)cc2)=C(N(C)c2ccccc2)C1=O. The summed E-state index contributed by atoms with van der Waals surface area (Å²) in [5, 5.41) is 0. The maximum absolute atomic E-state index is 13.2. The summed E-state index contributed by atoms with van der Waals surface area (Å²) in [4.78, 5) is 29.4. The van der Waals surface area contributed by atoms with Gasteiger partial charge >= 0.3 is 0 Å². The van der Waals surface area contributed by atoms with Gasteiger partial charge in [0, 0.05) is 33.0 Å². The zero-order valence-electron chi connectivity index (χ0n) is 16.3. The van der Waals surface area contributed by atoms with Gasteiger partial charge in [0.15, 0.2) is 0 Å². The largest absolute Gasteiger partial charge is 0.497 e. The third-order valence-electron chi connectivity index (χ3n) is 4.73. The number of ether oxygens (including phenoxy) is 2. The molecule has 0 aliphatic carbocycles. The van der Waals surface area contributed by atoms with Crippen LogP contribution in [0.3, 0.4) is 0 Å². The molecule has 1 heterocycles. The first-order valence-electron chi connectivity index (χ1n) is 9.11. The van der Waals surface area contributed by atoms with E-state index in [2.05, 4.69) is 0 Å². The lowest BCUT2D eigenvalue weighted by atomic mass is 10.0. The maximum atomic E-state index is 13.2. The van der Waals surface area contributed by atoms with Crippen LogP contribution in [0.5, 0.6) is 5.75 Å². The average Bonchev–Trinajstić information content (AvgIpc) is 2.98. The van der Waals surface area contributed by atoms with E-state index in [9.17, 15) is 9.59 Å². The number of benzene rings is 2. The lowest BCUT2D eigenvalue weighted by Crippen LogP contribution is -2.35. The Labute approximate surface area is 165 Å². The molecule has 146 valence electrons. The number of amides is 2. The number of imide groups is 1. The Morgan fingerprint density at radius 3 is 2.21 bits per heavy atom. The minimum atomic E-state index is -0.293. The summed E-state index contributed by atoms with van der Waals surface area (Å²) >= 11 is 0. The number of hydrogen-bond donors (Lipinski definition) is 0. The Balaban J connectivity index is 2.04. The highest BCUT2D eigenvalue weighted by atomic mass is 16.5. The zero-order valence-corrected chi connectivity index (χ0v) is 16.3. The van der Waals surface area contributed by atoms with Gasteiger partial charge in [-0.15, -0.1) is 0 Å². The zero-order chi connectivity index (χ0) is 20.1. The molecule has 0 radical (unpaired) electrons. The van der Waals surface area contributed by atoms with E-state index in [1.807, 2.05) is 30.3 Å². The third-order valence-corrected chi connectivity index (χ3v) is 4.73. The highest BCUT2D eigenvalue weighted by Gasteiger charge is 2.40. The van der Waals surface area contributed by atoms with Crippen molar-refractivity contribution in [1.29, 1.82) is 0 Å². The van der Waals surface area contributed by atoms with Crippen molar-refractivity contribution < 1.29 is 19.1 Å². The summed E-state index contributed by atoms with van der Waals surface area (Å²) in [5.74, 6) is 0.110. The van der Waals surface area contributed by atoms with Crippen LogP contribution in [0, 0.1) is 0 Å². The van der Waals surface area contributed by atoms with Gasteiger partial charge in [0.25, 0.3) is 11.8 Å². The predicted molar refractivity (Wildman–Crippen MR) is 108 cm³/mol. The molecule has 1 aliphatic rings. The first kappa shape index (κ1) is 19.6. The molecule has 0 N–H and O–H groups in total. The number of carbonyl (C=O) groups is 2. The molecule has 2 aromatic rings. The van der Waals surface area contributed by atoms with Crippen LogP contribution in [-0.4, -0.2) is 51.1 Å². The van der Waals surface area contributed by atoms with Crippen LogP contribution in [0.1, 0.15) is 12.0 Å². The Morgan fingerprint density at radius 1 is 0.929 bits per heavy atom. The standard InChI is InChI=1S/C22H24N2O4/c1-23(17-8-5-4-6-9-17)20-19(16-10-12-18(28-3)13-11-16)21(25)24(22(20)26)14-7-15-27-2/h4-6,8-13H,7,14-15H2,1-3H3. The fourth-order valence-corrected chi connectivity index (χ4v) is 3.24. The monoisotopic (exact) mass is 380 g/mol. The van der Waals surface area contributed by atoms with E-state index in [0.29, 0.717) is 42.2 Å². The molecule has 1 aliphatic heterocycles. The molecule has 0 spiro atoms. The van der Waals surface area contributed by atoms with E-state index in [-0.39, 0.29) is 11.8 Å². The number of hydrogen-bond acceptors (Lipinski definition) is 5. The summed E-state index contributed by atoms with van der Waals surface area (Å²) in [6, 6.07) is 16.7. The van der Waals surface area contributed by atoms with Crippen molar-refractivity contribution in [3.63, 3.8) is 0 Å². The van der Waals surface area contributed by atoms with Gasteiger partial charge in [0.2, 0.25) is 0 Å². The molecule has 0 saturated carbocycles. The number of para-hydroxylation sites is 1. The molecule has 28 heavy (non-hydrogen) atoms. The minimum absolute atomic E-state index is 0.288. The van der Waals surface area contributed by atoms with Gasteiger partial charge in [-0.2, -0.15) is 0 Å². The molecular formula is C22H24N2O4. The molecule has 2 aromatic carbocycles. The number of likely N-dealkylation sites (N-methyl/N-ethyl adjacent to an activating group) is 1. The lowest BCUT2D eigenvalue weighted by molar-refractivity contribution is -0.137. The van der Waals surface area contributed by atoms with Crippen molar-refractivity contribution in [3.8, 4) is 5.75 Å². The lowest BCUT2D eigenvalue weighted by Gasteiger charge is -2.21. The predicted octanol–water partition coefficient (Wildman–Crippen LogP) is 2.95. The van der Waals surface area contributed by atoms with Crippen molar-refractivity contribution in [1.82, 2.24) is 4.90 Å². The summed E-state index contributed by atoms with van der Waals surface area (Å²) in [6.07, 6.45) is 0.589. The quantitative estimate of drug-likeness (QED) is 0.521. The van der Waals surface area contributed by atoms with Gasteiger partial charge in [-0.3, -0.25) is 14.5 Å². The first-order chi connectivity index (χ1) is 13.6. The molecule has 0 bridgehead atoms. The van der Waals surface area contributed by atoms with Crippen molar-refractivity contribution >= 4 is 23.1 Å². The van der Waals surface area contributed by atoms with E-state index >= 15 is 0 Å². The summed E-state index contributed by atoms with van der Waals surface area (Å²) < 4.78 is 10.3. The molecule has 3 rings (SSSR count). The normalized spacial score (nSPS) is 14.0. The van der Waals surface area contributed by atoms with Gasteiger partial charge < -0.3 is 14.4 Å². The minimum Gasteiger partial charge on any atom is -0.497 e. The van der Waals surface area contributed by atoms with E-state index < -0.39 is 0 Å². The fraction of sp³-hybridized carbons (Fsp3) is 0.273. The second-order valence-electron chi connectivity index (χ2n) is 6.45. The number of methoxy groups -OCH3 is 2. The average molecular weight is 380 g/mol. The molecule has 0 aromatic heterocycles. The van der Waals surface area contributed by atoms with Crippen molar-refractivity contribution in [2.24, 2.45) is 0 Å². The van der Waals surface area contributed by atoms with Crippen LogP contribution < -0.4 is 9.64 Å². The van der Waals surface area contributed by atoms with Crippen LogP contribution in [-0.2, 0) is 14.3 Å². The smallest absolute Gasteiger partial charge is 0.278 e. The molecule has 0 unspecified atom stereocenters. The highest BCUT2D eigenvalue weighted by Crippen LogP contribution is 2.34. The summed E-state index contributed by atoms with van der Waals surface area (Å²) in [5.41, 5.74) is 2.30. The first-order valence-corrected chi connectivity index (χ1v) is 9.11. The number of carbonyl (C=O) groups excluding carboxylic acids is 2. The molecule has 0 saturated heterocycles. The van der Waals surface area contributed by atoms with E-state index in [1.54, 1.807) is 50.4 Å². The molecule has 6 nitrogen and oxygen atoms in total. The van der Waals surface area contributed by atoms with Gasteiger partial charge in [0.05, 0.1) is 12.7 Å². The fourth-order valence-electron chi connectivity index (χ4n) is 3.24.